The molecule has 2 aromatic carbocycles. The number of carbonyl (C=O) groups excluding carboxylic acids is 2. The lowest BCUT2D eigenvalue weighted by atomic mass is 9.98. The summed E-state index contributed by atoms with van der Waals surface area (Å²) in [4.78, 5) is 25.5. The Hall–Kier alpha value is -3.04. The number of nitrogens with zero attached hydrogens (tertiary/aromatic N) is 2. The fraction of sp³-hybridized carbons (Fsp3) is 0.273. The van der Waals surface area contributed by atoms with Crippen molar-refractivity contribution in [2.45, 2.75) is 17.7 Å². The number of piperidine rings is 1. The minimum atomic E-state index is -3.85. The molecule has 0 radical (unpaired) electrons. The molecule has 7 nitrogen and oxygen atoms in total. The molecule has 1 saturated heterocycles. The Labute approximate surface area is 179 Å². The average Bonchev–Trinajstić information content (AvgIpc) is 3.18. The molecule has 1 fully saturated rings. The fourth-order valence-corrected chi connectivity index (χ4v) is 5.47. The van der Waals surface area contributed by atoms with Crippen molar-refractivity contribution in [1.82, 2.24) is 8.87 Å². The van der Waals surface area contributed by atoms with E-state index in [9.17, 15) is 22.4 Å². The smallest absolute Gasteiger partial charge is 0.340 e. The summed E-state index contributed by atoms with van der Waals surface area (Å²) in [6, 6.07) is 11.6. The van der Waals surface area contributed by atoms with Crippen LogP contribution in [0.1, 0.15) is 28.0 Å². The van der Waals surface area contributed by atoms with E-state index < -0.39 is 27.7 Å². The summed E-state index contributed by atoms with van der Waals surface area (Å²) in [6.45, 7) is 0.294. The Morgan fingerprint density at radius 1 is 1.10 bits per heavy atom. The third-order valence-electron chi connectivity index (χ3n) is 5.54. The number of rotatable bonds is 4. The van der Waals surface area contributed by atoms with Crippen LogP contribution >= 0.6 is 0 Å². The highest BCUT2D eigenvalue weighted by atomic mass is 32.2. The first-order valence-electron chi connectivity index (χ1n) is 9.81. The Kier molecular flexibility index (Phi) is 5.63. The molecule has 3 aromatic rings. The average molecular weight is 444 g/mol. The van der Waals surface area contributed by atoms with Gasteiger partial charge in [-0.1, -0.05) is 18.2 Å². The van der Waals surface area contributed by atoms with Gasteiger partial charge in [-0.05, 0) is 43.2 Å². The lowest BCUT2D eigenvalue weighted by Gasteiger charge is -2.31. The van der Waals surface area contributed by atoms with Gasteiger partial charge in [-0.2, -0.15) is 4.31 Å². The molecule has 1 atom stereocenters. The number of para-hydroxylation sites is 1. The normalized spacial score (nSPS) is 17.5. The summed E-state index contributed by atoms with van der Waals surface area (Å²) in [6.07, 6.45) is 2.49. The van der Waals surface area contributed by atoms with Gasteiger partial charge in [-0.15, -0.1) is 0 Å². The number of benzene rings is 2. The van der Waals surface area contributed by atoms with Crippen LogP contribution in [0.2, 0.25) is 0 Å². The van der Waals surface area contributed by atoms with Crippen molar-refractivity contribution in [3.05, 3.63) is 66.1 Å². The largest absolute Gasteiger partial charge is 0.465 e. The van der Waals surface area contributed by atoms with Crippen molar-refractivity contribution in [3.8, 4) is 0 Å². The molecule has 0 aliphatic carbocycles. The highest BCUT2D eigenvalue weighted by Crippen LogP contribution is 2.28. The molecule has 1 aliphatic rings. The van der Waals surface area contributed by atoms with Gasteiger partial charge < -0.3 is 4.74 Å². The number of hydrogen-bond acceptors (Lipinski definition) is 5. The molecule has 0 amide bonds. The van der Waals surface area contributed by atoms with E-state index in [1.807, 2.05) is 0 Å². The van der Waals surface area contributed by atoms with Crippen LogP contribution in [0.15, 0.2) is 59.6 Å². The van der Waals surface area contributed by atoms with E-state index in [-0.39, 0.29) is 29.5 Å². The van der Waals surface area contributed by atoms with Gasteiger partial charge in [-0.25, -0.2) is 17.6 Å². The molecule has 1 aliphatic heterocycles. The lowest BCUT2D eigenvalue weighted by Crippen LogP contribution is -2.43. The van der Waals surface area contributed by atoms with Gasteiger partial charge in [0.2, 0.25) is 15.9 Å². The van der Waals surface area contributed by atoms with E-state index >= 15 is 0 Å². The minimum absolute atomic E-state index is 0.0125. The number of esters is 1. The summed E-state index contributed by atoms with van der Waals surface area (Å²) in [5.41, 5.74) is 0.837. The Bertz CT molecular complexity index is 1250. The first kappa shape index (κ1) is 21.2. The monoisotopic (exact) mass is 444 g/mol. The molecule has 1 aromatic heterocycles. The number of hydrogen-bond donors (Lipinski definition) is 0. The summed E-state index contributed by atoms with van der Waals surface area (Å²) in [5.74, 6) is -1.94. The van der Waals surface area contributed by atoms with E-state index in [2.05, 4.69) is 0 Å². The van der Waals surface area contributed by atoms with Crippen molar-refractivity contribution in [2.24, 2.45) is 5.92 Å². The fourth-order valence-electron chi connectivity index (χ4n) is 3.95. The third kappa shape index (κ3) is 3.86. The number of halogens is 1. The Balaban J connectivity index is 1.64. The van der Waals surface area contributed by atoms with Crippen LogP contribution in [0.5, 0.6) is 0 Å². The summed E-state index contributed by atoms with van der Waals surface area (Å²) < 4.78 is 46.6. The van der Waals surface area contributed by atoms with Crippen LogP contribution in [0.3, 0.4) is 0 Å². The lowest BCUT2D eigenvalue weighted by molar-refractivity contribution is 0.0603. The van der Waals surface area contributed by atoms with Crippen LogP contribution in [0.4, 0.5) is 4.39 Å². The molecule has 162 valence electrons. The van der Waals surface area contributed by atoms with Gasteiger partial charge in [-0.3, -0.25) is 9.36 Å². The molecule has 0 saturated carbocycles. The summed E-state index contributed by atoms with van der Waals surface area (Å²) in [5, 5.41) is 0.592. The Morgan fingerprint density at radius 3 is 2.52 bits per heavy atom. The maximum absolute atomic E-state index is 13.3. The molecule has 0 bridgehead atoms. The van der Waals surface area contributed by atoms with Gasteiger partial charge in [0.25, 0.3) is 0 Å². The van der Waals surface area contributed by atoms with Crippen LogP contribution in [0.25, 0.3) is 10.9 Å². The second-order valence-corrected chi connectivity index (χ2v) is 9.35. The highest BCUT2D eigenvalue weighted by molar-refractivity contribution is 7.89. The summed E-state index contributed by atoms with van der Waals surface area (Å²) >= 11 is 0. The van der Waals surface area contributed by atoms with E-state index in [4.69, 9.17) is 4.74 Å². The zero-order valence-corrected chi connectivity index (χ0v) is 17.6. The number of fused-ring (bicyclic) bond motifs is 1. The standard InChI is InChI=1S/C22H21FN2O5S/c1-30-22(27)19-14-25(20-7-3-2-6-18(19)20)21(26)15-5-4-12-24(13-15)31(28,29)17-10-8-16(23)9-11-17/h2-3,6-11,14-15H,4-5,12-13H2,1H3. The van der Waals surface area contributed by atoms with Gasteiger partial charge in [0.15, 0.2) is 0 Å². The van der Waals surface area contributed by atoms with Crippen molar-refractivity contribution in [3.63, 3.8) is 0 Å². The second-order valence-electron chi connectivity index (χ2n) is 7.42. The zero-order valence-electron chi connectivity index (χ0n) is 16.8. The summed E-state index contributed by atoms with van der Waals surface area (Å²) in [7, 11) is -2.58. The number of ether oxygens (including phenoxy) is 1. The first-order valence-corrected chi connectivity index (χ1v) is 11.3. The van der Waals surface area contributed by atoms with E-state index in [0.29, 0.717) is 23.7 Å². The predicted molar refractivity (Wildman–Crippen MR) is 112 cm³/mol. The maximum Gasteiger partial charge on any atom is 0.340 e. The Morgan fingerprint density at radius 2 is 1.81 bits per heavy atom. The van der Waals surface area contributed by atoms with Crippen LogP contribution in [0, 0.1) is 11.7 Å². The molecule has 2 heterocycles. The van der Waals surface area contributed by atoms with Gasteiger partial charge in [0.1, 0.15) is 5.82 Å². The predicted octanol–water partition coefficient (Wildman–Crippen LogP) is 3.31. The number of carbonyl (C=O) groups is 2. The van der Waals surface area contributed by atoms with Crippen molar-refractivity contribution in [1.29, 1.82) is 0 Å². The minimum Gasteiger partial charge on any atom is -0.465 e. The zero-order chi connectivity index (χ0) is 22.2. The number of methoxy groups -OCH3 is 1. The van der Waals surface area contributed by atoms with E-state index in [1.165, 1.54) is 34.3 Å². The second kappa shape index (κ2) is 8.24. The van der Waals surface area contributed by atoms with Gasteiger partial charge >= 0.3 is 5.97 Å². The van der Waals surface area contributed by atoms with Gasteiger partial charge in [0, 0.05) is 24.7 Å². The van der Waals surface area contributed by atoms with Crippen molar-refractivity contribution >= 4 is 32.8 Å². The van der Waals surface area contributed by atoms with E-state index in [0.717, 1.165) is 12.1 Å². The molecule has 0 spiro atoms. The molecule has 4 rings (SSSR count). The quantitative estimate of drug-likeness (QED) is 0.577. The maximum atomic E-state index is 13.3. The molecule has 9 heteroatoms. The molecule has 31 heavy (non-hydrogen) atoms. The van der Waals surface area contributed by atoms with Crippen LogP contribution < -0.4 is 0 Å². The molecular weight excluding hydrogens is 423 g/mol. The molecule has 1 unspecified atom stereocenters. The van der Waals surface area contributed by atoms with E-state index in [1.54, 1.807) is 24.3 Å². The van der Waals surface area contributed by atoms with Crippen LogP contribution in [-0.4, -0.2) is 49.4 Å². The number of sulfonamides is 1. The molecule has 0 N–H and O–H groups in total. The van der Waals surface area contributed by atoms with Gasteiger partial charge in [0.05, 0.1) is 29.0 Å². The number of aromatic nitrogens is 1. The highest BCUT2D eigenvalue weighted by Gasteiger charge is 2.34. The topological polar surface area (TPSA) is 85.7 Å². The first-order chi connectivity index (χ1) is 14.8. The van der Waals surface area contributed by atoms with Crippen molar-refractivity contribution in [2.75, 3.05) is 20.2 Å². The van der Waals surface area contributed by atoms with Crippen LogP contribution in [-0.2, 0) is 14.8 Å². The van der Waals surface area contributed by atoms with Crippen molar-refractivity contribution < 1.29 is 27.1 Å². The molecular formula is C22H21FN2O5S. The SMILES string of the molecule is COC(=O)c1cn(C(=O)C2CCCN(S(=O)(=O)c3ccc(F)cc3)C2)c2ccccc12. The third-order valence-corrected chi connectivity index (χ3v) is 7.42.